The van der Waals surface area contributed by atoms with Gasteiger partial charge >= 0.3 is 0 Å². The van der Waals surface area contributed by atoms with Gasteiger partial charge in [0.2, 0.25) is 0 Å². The molecule has 0 radical (unpaired) electrons. The number of benzene rings is 2. The van der Waals surface area contributed by atoms with Crippen LogP contribution in [0.25, 0.3) is 17.2 Å². The third kappa shape index (κ3) is 4.28. The van der Waals surface area contributed by atoms with E-state index in [0.29, 0.717) is 0 Å². The van der Waals surface area contributed by atoms with Crippen LogP contribution < -0.4 is 0 Å². The maximum Gasteiger partial charge on any atom is 0.181 e. The van der Waals surface area contributed by atoms with Crippen LogP contribution in [0.15, 0.2) is 71.6 Å². The molecule has 0 fully saturated rings. The van der Waals surface area contributed by atoms with E-state index in [1.54, 1.807) is 0 Å². The minimum atomic E-state index is 0.845. The Morgan fingerprint density at radius 2 is 1.65 bits per heavy atom. The van der Waals surface area contributed by atoms with E-state index in [-0.39, 0.29) is 0 Å². The summed E-state index contributed by atoms with van der Waals surface area (Å²) in [5, 5.41) is 0. The van der Waals surface area contributed by atoms with Gasteiger partial charge < -0.3 is 9.32 Å². The number of fused-ring (bicyclic) bond motifs is 1. The lowest BCUT2D eigenvalue weighted by atomic mass is 10.2. The highest BCUT2D eigenvalue weighted by Gasteiger charge is 1.91. The fourth-order valence-electron chi connectivity index (χ4n) is 1.60. The zero-order chi connectivity index (χ0) is 14.2. The maximum atomic E-state index is 5.01. The topological polar surface area (TPSA) is 29.3 Å². The van der Waals surface area contributed by atoms with Gasteiger partial charge in [-0.05, 0) is 30.0 Å². The summed E-state index contributed by atoms with van der Waals surface area (Å²) in [6, 6.07) is 17.9. The third-order valence-electron chi connectivity index (χ3n) is 2.60. The van der Waals surface area contributed by atoms with Crippen LogP contribution in [0.1, 0.15) is 5.56 Å². The van der Waals surface area contributed by atoms with Gasteiger partial charge in [0, 0.05) is 14.1 Å². The van der Waals surface area contributed by atoms with Gasteiger partial charge in [-0.3, -0.25) is 0 Å². The first-order chi connectivity index (χ1) is 9.75. The van der Waals surface area contributed by atoms with Crippen molar-refractivity contribution in [2.24, 2.45) is 0 Å². The molecular weight excluding hydrogens is 248 g/mol. The minimum Gasteiger partial charge on any atom is -0.443 e. The van der Waals surface area contributed by atoms with Crippen molar-refractivity contribution < 1.29 is 4.42 Å². The largest absolute Gasteiger partial charge is 0.443 e. The third-order valence-corrected chi connectivity index (χ3v) is 2.60. The summed E-state index contributed by atoms with van der Waals surface area (Å²) in [4.78, 5) is 5.97. The molecule has 1 aromatic heterocycles. The van der Waals surface area contributed by atoms with E-state index < -0.39 is 0 Å². The fraction of sp³-hybridized carbons (Fsp3) is 0.118. The van der Waals surface area contributed by atoms with E-state index in [2.05, 4.69) is 23.2 Å². The molecule has 3 heteroatoms. The lowest BCUT2D eigenvalue weighted by Gasteiger charge is -2.02. The predicted molar refractivity (Wildman–Crippen MR) is 83.2 cm³/mol. The Balaban J connectivity index is 0.000000149. The highest BCUT2D eigenvalue weighted by Crippen LogP contribution is 2.09. The molecular formula is C17H18N2O. The summed E-state index contributed by atoms with van der Waals surface area (Å²) in [5.41, 5.74) is 3.00. The predicted octanol–water partition coefficient (Wildman–Crippen LogP) is 4.05. The van der Waals surface area contributed by atoms with Crippen LogP contribution in [0.4, 0.5) is 0 Å². The molecule has 0 aliphatic heterocycles. The molecule has 0 N–H and O–H groups in total. The Bertz CT molecular complexity index is 627. The number of nitrogens with zero attached hydrogens (tertiary/aromatic N) is 2. The standard InChI is InChI=1S/C10H13N.C7H5NO/c1-11(2)9-8-10-6-4-3-5-7-10;1-2-4-7-6(3-1)8-5-9-7/h3-9H,1-2H3;1-5H. The van der Waals surface area contributed by atoms with Crippen molar-refractivity contribution in [3.63, 3.8) is 0 Å². The summed E-state index contributed by atoms with van der Waals surface area (Å²) in [7, 11) is 4.03. The summed E-state index contributed by atoms with van der Waals surface area (Å²) >= 11 is 0. The smallest absolute Gasteiger partial charge is 0.181 e. The van der Waals surface area contributed by atoms with Gasteiger partial charge in [0.25, 0.3) is 0 Å². The van der Waals surface area contributed by atoms with Crippen LogP contribution in [0.2, 0.25) is 0 Å². The van der Waals surface area contributed by atoms with E-state index in [9.17, 15) is 0 Å². The van der Waals surface area contributed by atoms with Crippen LogP contribution in [0, 0.1) is 0 Å². The second kappa shape index (κ2) is 7.14. The van der Waals surface area contributed by atoms with E-state index in [1.807, 2.05) is 67.7 Å². The lowest BCUT2D eigenvalue weighted by Crippen LogP contribution is -1.99. The molecule has 0 bridgehead atoms. The average molecular weight is 266 g/mol. The number of hydrogen-bond acceptors (Lipinski definition) is 3. The van der Waals surface area contributed by atoms with E-state index in [4.69, 9.17) is 4.42 Å². The summed E-state index contributed by atoms with van der Waals surface area (Å²) in [6.45, 7) is 0. The van der Waals surface area contributed by atoms with Gasteiger partial charge in [-0.15, -0.1) is 0 Å². The first-order valence-corrected chi connectivity index (χ1v) is 6.43. The summed E-state index contributed by atoms with van der Waals surface area (Å²) in [5.74, 6) is 0. The van der Waals surface area contributed by atoms with Crippen LogP contribution in [0.3, 0.4) is 0 Å². The monoisotopic (exact) mass is 266 g/mol. The molecule has 0 aliphatic rings. The first-order valence-electron chi connectivity index (χ1n) is 6.43. The van der Waals surface area contributed by atoms with E-state index >= 15 is 0 Å². The Labute approximate surface area is 119 Å². The van der Waals surface area contributed by atoms with Crippen molar-refractivity contribution in [2.45, 2.75) is 0 Å². The van der Waals surface area contributed by atoms with Crippen molar-refractivity contribution in [2.75, 3.05) is 14.1 Å². The first kappa shape index (κ1) is 13.9. The molecule has 20 heavy (non-hydrogen) atoms. The van der Waals surface area contributed by atoms with Crippen LogP contribution in [0.5, 0.6) is 0 Å². The Kier molecular flexibility index (Phi) is 4.95. The second-order valence-corrected chi connectivity index (χ2v) is 4.51. The molecule has 3 nitrogen and oxygen atoms in total. The molecule has 3 rings (SSSR count). The second-order valence-electron chi connectivity index (χ2n) is 4.51. The van der Waals surface area contributed by atoms with Gasteiger partial charge in [-0.2, -0.15) is 0 Å². The Morgan fingerprint density at radius 1 is 0.950 bits per heavy atom. The van der Waals surface area contributed by atoms with Gasteiger partial charge in [-0.25, -0.2) is 4.98 Å². The molecule has 2 aromatic carbocycles. The van der Waals surface area contributed by atoms with Crippen LogP contribution in [-0.2, 0) is 0 Å². The molecule has 0 spiro atoms. The van der Waals surface area contributed by atoms with Crippen molar-refractivity contribution in [3.8, 4) is 0 Å². The molecule has 0 unspecified atom stereocenters. The van der Waals surface area contributed by atoms with Gasteiger partial charge in [0.15, 0.2) is 12.0 Å². The fourth-order valence-corrected chi connectivity index (χ4v) is 1.60. The van der Waals surface area contributed by atoms with Gasteiger partial charge in [0.05, 0.1) is 0 Å². The molecule has 0 saturated heterocycles. The van der Waals surface area contributed by atoms with Gasteiger partial charge in [-0.1, -0.05) is 42.5 Å². The number of para-hydroxylation sites is 2. The molecule has 3 aromatic rings. The summed E-state index contributed by atoms with van der Waals surface area (Å²) in [6.07, 6.45) is 5.57. The number of rotatable bonds is 2. The van der Waals surface area contributed by atoms with Crippen molar-refractivity contribution in [1.29, 1.82) is 0 Å². The van der Waals surface area contributed by atoms with Crippen molar-refractivity contribution in [1.82, 2.24) is 9.88 Å². The molecule has 0 aliphatic carbocycles. The normalized spacial score (nSPS) is 10.3. The Hall–Kier alpha value is -2.55. The maximum absolute atomic E-state index is 5.01. The molecule has 102 valence electrons. The van der Waals surface area contributed by atoms with Crippen LogP contribution in [-0.4, -0.2) is 24.0 Å². The zero-order valence-electron chi connectivity index (χ0n) is 11.7. The highest BCUT2D eigenvalue weighted by atomic mass is 16.3. The molecule has 0 saturated carbocycles. The van der Waals surface area contributed by atoms with Gasteiger partial charge in [0.1, 0.15) is 5.52 Å². The number of aromatic nitrogens is 1. The quantitative estimate of drug-likeness (QED) is 0.701. The van der Waals surface area contributed by atoms with Crippen LogP contribution >= 0.6 is 0 Å². The number of oxazole rings is 1. The lowest BCUT2D eigenvalue weighted by molar-refractivity contribution is 0.567. The highest BCUT2D eigenvalue weighted by molar-refractivity contribution is 5.71. The molecule has 0 amide bonds. The van der Waals surface area contributed by atoms with E-state index in [0.717, 1.165) is 11.1 Å². The average Bonchev–Trinajstić information content (AvgIpc) is 2.95. The summed E-state index contributed by atoms with van der Waals surface area (Å²) < 4.78 is 5.01. The van der Waals surface area contributed by atoms with Crippen molar-refractivity contribution in [3.05, 3.63) is 72.8 Å². The molecule has 0 atom stereocenters. The zero-order valence-corrected chi connectivity index (χ0v) is 11.7. The Morgan fingerprint density at radius 3 is 2.35 bits per heavy atom. The number of hydrogen-bond donors (Lipinski definition) is 0. The van der Waals surface area contributed by atoms with Crippen molar-refractivity contribution >= 4 is 17.2 Å². The molecule has 1 heterocycles. The van der Waals surface area contributed by atoms with E-state index in [1.165, 1.54) is 12.0 Å². The SMILES string of the molecule is CN(C)C=Cc1ccccc1.c1ccc2ocnc2c1. The minimum absolute atomic E-state index is 0.845.